The molecule has 2 aliphatic rings. The Morgan fingerprint density at radius 1 is 1.39 bits per heavy atom. The second-order valence-corrected chi connectivity index (χ2v) is 7.71. The third-order valence-electron chi connectivity index (χ3n) is 5.72. The van der Waals surface area contributed by atoms with E-state index in [0.717, 1.165) is 6.42 Å². The first-order chi connectivity index (χ1) is 13.5. The van der Waals surface area contributed by atoms with Crippen molar-refractivity contribution in [3.8, 4) is 0 Å². The maximum Gasteiger partial charge on any atom is 0.340 e. The van der Waals surface area contributed by atoms with E-state index in [9.17, 15) is 9.90 Å². The van der Waals surface area contributed by atoms with Crippen LogP contribution in [0.25, 0.3) is 4.85 Å². The highest BCUT2D eigenvalue weighted by Crippen LogP contribution is 2.29. The van der Waals surface area contributed by atoms with E-state index in [4.69, 9.17) is 11.3 Å². The summed E-state index contributed by atoms with van der Waals surface area (Å²) in [4.78, 5) is 22.3. The minimum absolute atomic E-state index is 0.0639. The fraction of sp³-hybridized carbons (Fsp3) is 0.667. The molecule has 7 nitrogen and oxygen atoms in total. The summed E-state index contributed by atoms with van der Waals surface area (Å²) in [6.45, 7) is 12.2. The van der Waals surface area contributed by atoms with Gasteiger partial charge < -0.3 is 20.1 Å². The number of carbonyl (C=O) groups excluding carboxylic acids is 1. The van der Waals surface area contributed by atoms with Gasteiger partial charge in [-0.15, -0.1) is 0 Å². The molecule has 1 aliphatic heterocycles. The molecule has 0 amide bonds. The van der Waals surface area contributed by atoms with Gasteiger partial charge >= 0.3 is 5.97 Å². The van der Waals surface area contributed by atoms with Crippen molar-refractivity contribution in [3.05, 3.63) is 28.7 Å². The van der Waals surface area contributed by atoms with Gasteiger partial charge in [0.1, 0.15) is 5.82 Å². The van der Waals surface area contributed by atoms with Gasteiger partial charge in [-0.25, -0.2) is 14.6 Å². The standard InChI is InChI=1S/C21H30N4O3/c1-4-28-21(27)16-12-18(22-3)14(2)23-20(16)25-11-10-17(19(26)13-25)24-15-8-6-5-7-9-15/h12,15,17,19,24,26H,4-11,13H2,1-2H3. The first kappa shape index (κ1) is 20.6. The van der Waals surface area contributed by atoms with E-state index in [0.29, 0.717) is 41.9 Å². The lowest BCUT2D eigenvalue weighted by Gasteiger charge is -2.40. The largest absolute Gasteiger partial charge is 0.462 e. The van der Waals surface area contributed by atoms with Gasteiger partial charge in [0, 0.05) is 30.9 Å². The molecule has 28 heavy (non-hydrogen) atoms. The van der Waals surface area contributed by atoms with E-state index in [1.54, 1.807) is 19.9 Å². The Kier molecular flexibility index (Phi) is 6.87. The number of piperidine rings is 1. The van der Waals surface area contributed by atoms with Crippen molar-refractivity contribution in [2.24, 2.45) is 0 Å². The van der Waals surface area contributed by atoms with Gasteiger partial charge in [-0.05, 0) is 39.2 Å². The zero-order valence-electron chi connectivity index (χ0n) is 16.8. The number of carbonyl (C=O) groups is 1. The summed E-state index contributed by atoms with van der Waals surface area (Å²) in [5.41, 5.74) is 1.22. The summed E-state index contributed by atoms with van der Waals surface area (Å²) < 4.78 is 5.16. The van der Waals surface area contributed by atoms with Crippen LogP contribution in [-0.2, 0) is 4.74 Å². The van der Waals surface area contributed by atoms with Crippen LogP contribution in [0.5, 0.6) is 0 Å². The van der Waals surface area contributed by atoms with Crippen LogP contribution < -0.4 is 10.2 Å². The molecule has 0 aromatic carbocycles. The molecule has 2 atom stereocenters. The number of pyridine rings is 1. The monoisotopic (exact) mass is 386 g/mol. The number of β-amino-alcohol motifs (C(OH)–C–C–N with tert-alkyl or cyclic N) is 1. The molecule has 1 aromatic heterocycles. The predicted octanol–water partition coefficient (Wildman–Crippen LogP) is 2.98. The first-order valence-electron chi connectivity index (χ1n) is 10.3. The molecule has 0 spiro atoms. The lowest BCUT2D eigenvalue weighted by atomic mass is 9.92. The molecule has 1 saturated heterocycles. The van der Waals surface area contributed by atoms with Crippen LogP contribution in [0.3, 0.4) is 0 Å². The minimum atomic E-state index is -0.534. The van der Waals surface area contributed by atoms with Crippen molar-refractivity contribution in [3.63, 3.8) is 0 Å². The Labute approximate surface area is 166 Å². The summed E-state index contributed by atoms with van der Waals surface area (Å²) in [7, 11) is 0. The SMILES string of the molecule is [C-]#[N+]c1cc(C(=O)OCC)c(N2CCC(NC3CCCCC3)C(O)C2)nc1C. The lowest BCUT2D eigenvalue weighted by Crippen LogP contribution is -2.55. The number of rotatable bonds is 5. The molecular formula is C21H30N4O3. The van der Waals surface area contributed by atoms with Gasteiger partial charge in [0.2, 0.25) is 5.69 Å². The van der Waals surface area contributed by atoms with Crippen LogP contribution in [-0.4, -0.2) is 53.9 Å². The molecule has 3 rings (SSSR count). The average Bonchev–Trinajstić information content (AvgIpc) is 2.70. The third kappa shape index (κ3) is 4.62. The highest BCUT2D eigenvalue weighted by Gasteiger charge is 2.32. The molecule has 2 N–H and O–H groups in total. The maximum atomic E-state index is 12.4. The summed E-state index contributed by atoms with van der Waals surface area (Å²) in [5, 5.41) is 14.4. The Morgan fingerprint density at radius 2 is 2.14 bits per heavy atom. The number of nitrogens with one attached hydrogen (secondary N) is 1. The average molecular weight is 386 g/mol. The number of aromatic nitrogens is 1. The fourth-order valence-electron chi connectivity index (χ4n) is 4.19. The second-order valence-electron chi connectivity index (χ2n) is 7.71. The van der Waals surface area contributed by atoms with Crippen molar-refractivity contribution in [1.29, 1.82) is 0 Å². The minimum Gasteiger partial charge on any atom is -0.462 e. The van der Waals surface area contributed by atoms with Gasteiger partial charge in [0.15, 0.2) is 0 Å². The number of nitrogens with zero attached hydrogens (tertiary/aromatic N) is 3. The predicted molar refractivity (Wildman–Crippen MR) is 108 cm³/mol. The fourth-order valence-corrected chi connectivity index (χ4v) is 4.19. The Balaban J connectivity index is 1.75. The molecule has 1 saturated carbocycles. The number of hydrogen-bond donors (Lipinski definition) is 2. The van der Waals surface area contributed by atoms with Crippen molar-refractivity contribution >= 4 is 17.5 Å². The van der Waals surface area contributed by atoms with E-state index in [-0.39, 0.29) is 12.6 Å². The highest BCUT2D eigenvalue weighted by molar-refractivity contribution is 5.96. The van der Waals surface area contributed by atoms with Gasteiger partial charge in [0.25, 0.3) is 0 Å². The van der Waals surface area contributed by atoms with Gasteiger partial charge in [-0.3, -0.25) is 0 Å². The van der Waals surface area contributed by atoms with Crippen molar-refractivity contribution in [2.45, 2.75) is 70.6 Å². The van der Waals surface area contributed by atoms with Gasteiger partial charge in [-0.1, -0.05) is 19.3 Å². The molecule has 152 valence electrons. The van der Waals surface area contributed by atoms with E-state index >= 15 is 0 Å². The van der Waals surface area contributed by atoms with E-state index < -0.39 is 12.1 Å². The molecule has 1 aromatic rings. The number of anilines is 1. The molecule has 0 bridgehead atoms. The summed E-state index contributed by atoms with van der Waals surface area (Å²) in [5.74, 6) is 0.0189. The summed E-state index contributed by atoms with van der Waals surface area (Å²) >= 11 is 0. The van der Waals surface area contributed by atoms with Gasteiger partial charge in [0.05, 0.1) is 24.8 Å². The number of aliphatic hydroxyl groups excluding tert-OH is 1. The molecular weight excluding hydrogens is 356 g/mol. The molecule has 1 aliphatic carbocycles. The molecule has 7 heteroatoms. The van der Waals surface area contributed by atoms with Crippen molar-refractivity contribution in [1.82, 2.24) is 10.3 Å². The number of hydrogen-bond acceptors (Lipinski definition) is 6. The van der Waals surface area contributed by atoms with Gasteiger partial charge in [-0.2, -0.15) is 0 Å². The Hall–Kier alpha value is -2.17. The molecule has 0 radical (unpaired) electrons. The van der Waals surface area contributed by atoms with Crippen LogP contribution in [0.15, 0.2) is 6.07 Å². The number of aliphatic hydroxyl groups is 1. The Bertz CT molecular complexity index is 740. The van der Waals surface area contributed by atoms with Crippen LogP contribution in [0, 0.1) is 13.5 Å². The molecule has 2 fully saturated rings. The topological polar surface area (TPSA) is 79.0 Å². The quantitative estimate of drug-likeness (QED) is 0.598. The van der Waals surface area contributed by atoms with E-state index in [2.05, 4.69) is 15.1 Å². The highest BCUT2D eigenvalue weighted by atomic mass is 16.5. The zero-order valence-corrected chi connectivity index (χ0v) is 16.8. The first-order valence-corrected chi connectivity index (χ1v) is 10.3. The zero-order chi connectivity index (χ0) is 20.1. The number of esters is 1. The van der Waals surface area contributed by atoms with Crippen molar-refractivity contribution < 1.29 is 14.6 Å². The van der Waals surface area contributed by atoms with Crippen molar-refractivity contribution in [2.75, 3.05) is 24.6 Å². The Morgan fingerprint density at radius 3 is 2.79 bits per heavy atom. The van der Waals surface area contributed by atoms with Crippen LogP contribution in [0.4, 0.5) is 11.5 Å². The summed E-state index contributed by atoms with van der Waals surface area (Å²) in [6.07, 6.45) is 6.43. The molecule has 2 heterocycles. The second kappa shape index (κ2) is 9.35. The number of ether oxygens (including phenoxy) is 1. The van der Waals surface area contributed by atoms with E-state index in [1.165, 1.54) is 32.1 Å². The van der Waals surface area contributed by atoms with Crippen LogP contribution in [0.1, 0.15) is 61.5 Å². The lowest BCUT2D eigenvalue weighted by molar-refractivity contribution is 0.0525. The third-order valence-corrected chi connectivity index (χ3v) is 5.72. The summed E-state index contributed by atoms with van der Waals surface area (Å²) in [6, 6.07) is 2.11. The smallest absolute Gasteiger partial charge is 0.340 e. The number of aryl methyl sites for hydroxylation is 1. The van der Waals surface area contributed by atoms with Crippen LogP contribution >= 0.6 is 0 Å². The maximum absolute atomic E-state index is 12.4. The molecule has 2 unspecified atom stereocenters. The normalized spacial score (nSPS) is 23.3. The van der Waals surface area contributed by atoms with E-state index in [1.807, 2.05) is 4.90 Å². The van der Waals surface area contributed by atoms with Crippen LogP contribution in [0.2, 0.25) is 0 Å².